The molecule has 0 saturated carbocycles. The largest absolute Gasteiger partial charge is 0.493 e. The maximum absolute atomic E-state index is 11.5. The van der Waals surface area contributed by atoms with Gasteiger partial charge in [0.25, 0.3) is 0 Å². The molecule has 0 bridgehead atoms. The molecule has 0 atom stereocenters. The normalized spacial score (nSPS) is 11.1. The van der Waals surface area contributed by atoms with Gasteiger partial charge < -0.3 is 14.6 Å². The second-order valence-electron chi connectivity index (χ2n) is 4.57. The summed E-state index contributed by atoms with van der Waals surface area (Å²) in [5.41, 5.74) is 1.62. The highest BCUT2D eigenvalue weighted by Crippen LogP contribution is 2.29. The van der Waals surface area contributed by atoms with Crippen LogP contribution in [0.15, 0.2) is 48.5 Å². The standard InChI is InChI=1S/C18H18O4/c1-3-22-16-10-9-13(12-17(16)21-2)11-15(18(19)20)14-7-5-4-6-8-14/h4-12H,3H2,1-2H3,(H,19,20)/b15-11+. The van der Waals surface area contributed by atoms with Gasteiger partial charge in [-0.25, -0.2) is 4.79 Å². The summed E-state index contributed by atoms with van der Waals surface area (Å²) in [4.78, 5) is 11.5. The number of methoxy groups -OCH3 is 1. The maximum atomic E-state index is 11.5. The second kappa shape index (κ2) is 7.31. The molecule has 0 radical (unpaired) electrons. The number of benzene rings is 2. The molecule has 0 amide bonds. The zero-order valence-corrected chi connectivity index (χ0v) is 12.6. The van der Waals surface area contributed by atoms with Crippen molar-refractivity contribution in [1.82, 2.24) is 0 Å². The zero-order valence-electron chi connectivity index (χ0n) is 12.6. The molecule has 4 heteroatoms. The minimum atomic E-state index is -0.973. The van der Waals surface area contributed by atoms with Gasteiger partial charge in [-0.15, -0.1) is 0 Å². The van der Waals surface area contributed by atoms with E-state index in [1.165, 1.54) is 0 Å². The van der Waals surface area contributed by atoms with Crippen molar-refractivity contribution in [3.8, 4) is 11.5 Å². The fourth-order valence-electron chi connectivity index (χ4n) is 2.10. The predicted octanol–water partition coefficient (Wildman–Crippen LogP) is 3.72. The van der Waals surface area contributed by atoms with Gasteiger partial charge in [-0.05, 0) is 36.3 Å². The van der Waals surface area contributed by atoms with Crippen molar-refractivity contribution in [2.45, 2.75) is 6.92 Å². The van der Waals surface area contributed by atoms with E-state index in [1.807, 2.05) is 25.1 Å². The number of hydrogen-bond donors (Lipinski definition) is 1. The molecular formula is C18H18O4. The van der Waals surface area contributed by atoms with Crippen molar-refractivity contribution in [3.05, 3.63) is 59.7 Å². The van der Waals surface area contributed by atoms with E-state index < -0.39 is 5.97 Å². The van der Waals surface area contributed by atoms with E-state index in [1.54, 1.807) is 43.5 Å². The highest BCUT2D eigenvalue weighted by molar-refractivity contribution is 6.20. The van der Waals surface area contributed by atoms with Gasteiger partial charge >= 0.3 is 5.97 Å². The average molecular weight is 298 g/mol. The summed E-state index contributed by atoms with van der Waals surface area (Å²) >= 11 is 0. The number of carbonyl (C=O) groups is 1. The van der Waals surface area contributed by atoms with E-state index in [2.05, 4.69) is 0 Å². The molecule has 0 unspecified atom stereocenters. The summed E-state index contributed by atoms with van der Waals surface area (Å²) in [5.74, 6) is 0.242. The smallest absolute Gasteiger partial charge is 0.336 e. The molecule has 0 aliphatic heterocycles. The van der Waals surface area contributed by atoms with Crippen molar-refractivity contribution in [3.63, 3.8) is 0 Å². The Morgan fingerprint density at radius 2 is 1.86 bits per heavy atom. The van der Waals surface area contributed by atoms with E-state index in [-0.39, 0.29) is 5.57 Å². The Morgan fingerprint density at radius 3 is 2.45 bits per heavy atom. The topological polar surface area (TPSA) is 55.8 Å². The molecule has 2 rings (SSSR count). The fraction of sp³-hybridized carbons (Fsp3) is 0.167. The van der Waals surface area contributed by atoms with E-state index in [0.29, 0.717) is 23.7 Å². The lowest BCUT2D eigenvalue weighted by atomic mass is 10.0. The van der Waals surface area contributed by atoms with Gasteiger partial charge in [-0.3, -0.25) is 0 Å². The molecule has 1 N–H and O–H groups in total. The monoisotopic (exact) mass is 298 g/mol. The van der Waals surface area contributed by atoms with Crippen molar-refractivity contribution >= 4 is 17.6 Å². The summed E-state index contributed by atoms with van der Waals surface area (Å²) in [5, 5.41) is 9.43. The fourth-order valence-corrected chi connectivity index (χ4v) is 2.10. The Bertz CT molecular complexity index is 675. The molecule has 2 aromatic carbocycles. The van der Waals surface area contributed by atoms with Gasteiger partial charge in [0.1, 0.15) is 0 Å². The first-order valence-corrected chi connectivity index (χ1v) is 6.97. The highest BCUT2D eigenvalue weighted by atomic mass is 16.5. The van der Waals surface area contributed by atoms with Crippen LogP contribution in [-0.4, -0.2) is 24.8 Å². The molecule has 4 nitrogen and oxygen atoms in total. The molecule has 0 fully saturated rings. The third-order valence-electron chi connectivity index (χ3n) is 3.11. The number of ether oxygens (including phenoxy) is 2. The summed E-state index contributed by atoms with van der Waals surface area (Å²) in [7, 11) is 1.56. The summed E-state index contributed by atoms with van der Waals surface area (Å²) in [6, 6.07) is 14.4. The second-order valence-corrected chi connectivity index (χ2v) is 4.57. The highest BCUT2D eigenvalue weighted by Gasteiger charge is 2.11. The van der Waals surface area contributed by atoms with Gasteiger partial charge in [0, 0.05) is 0 Å². The lowest BCUT2D eigenvalue weighted by Crippen LogP contribution is -2.00. The van der Waals surface area contributed by atoms with Gasteiger partial charge in [0.2, 0.25) is 0 Å². The number of carboxylic acids is 1. The Labute approximate surface area is 129 Å². The molecule has 0 saturated heterocycles. The van der Waals surface area contributed by atoms with Crippen LogP contribution in [0.25, 0.3) is 11.6 Å². The molecule has 0 aliphatic carbocycles. The first-order valence-electron chi connectivity index (χ1n) is 6.97. The molecular weight excluding hydrogens is 280 g/mol. The Morgan fingerprint density at radius 1 is 1.14 bits per heavy atom. The Balaban J connectivity index is 2.43. The molecule has 22 heavy (non-hydrogen) atoms. The third-order valence-corrected chi connectivity index (χ3v) is 3.11. The minimum Gasteiger partial charge on any atom is -0.493 e. The molecule has 0 aromatic heterocycles. The van der Waals surface area contributed by atoms with Crippen LogP contribution in [0.5, 0.6) is 11.5 Å². The summed E-state index contributed by atoms with van der Waals surface area (Å²) < 4.78 is 10.7. The van der Waals surface area contributed by atoms with Crippen molar-refractivity contribution in [1.29, 1.82) is 0 Å². The average Bonchev–Trinajstić information content (AvgIpc) is 2.54. The number of aliphatic carboxylic acids is 1. The van der Waals surface area contributed by atoms with E-state index in [4.69, 9.17) is 9.47 Å². The van der Waals surface area contributed by atoms with Crippen LogP contribution in [0.3, 0.4) is 0 Å². The molecule has 0 spiro atoms. The van der Waals surface area contributed by atoms with Crippen molar-refractivity contribution in [2.24, 2.45) is 0 Å². The lowest BCUT2D eigenvalue weighted by molar-refractivity contribution is -0.130. The third kappa shape index (κ3) is 3.67. The van der Waals surface area contributed by atoms with Gasteiger partial charge in [0.15, 0.2) is 11.5 Å². The first-order chi connectivity index (χ1) is 10.7. The summed E-state index contributed by atoms with van der Waals surface area (Å²) in [6.07, 6.45) is 1.62. The van der Waals surface area contributed by atoms with Crippen LogP contribution < -0.4 is 9.47 Å². The number of carboxylic acid groups (broad SMARTS) is 1. The van der Waals surface area contributed by atoms with Crippen molar-refractivity contribution in [2.75, 3.05) is 13.7 Å². The molecule has 0 heterocycles. The van der Waals surface area contributed by atoms with Crippen LogP contribution in [0.2, 0.25) is 0 Å². The predicted molar refractivity (Wildman–Crippen MR) is 86.1 cm³/mol. The molecule has 114 valence electrons. The molecule has 2 aromatic rings. The van der Waals surface area contributed by atoms with Gasteiger partial charge in [0.05, 0.1) is 19.3 Å². The number of rotatable bonds is 6. The minimum absolute atomic E-state index is 0.229. The van der Waals surface area contributed by atoms with Crippen LogP contribution in [0.1, 0.15) is 18.1 Å². The van der Waals surface area contributed by atoms with Gasteiger partial charge in [-0.1, -0.05) is 36.4 Å². The van der Waals surface area contributed by atoms with Crippen LogP contribution in [-0.2, 0) is 4.79 Å². The number of hydrogen-bond acceptors (Lipinski definition) is 3. The molecule has 0 aliphatic rings. The first kappa shape index (κ1) is 15.6. The van der Waals surface area contributed by atoms with Crippen molar-refractivity contribution < 1.29 is 19.4 Å². The van der Waals surface area contributed by atoms with Crippen LogP contribution in [0.4, 0.5) is 0 Å². The SMILES string of the molecule is CCOc1ccc(/C=C(/C(=O)O)c2ccccc2)cc1OC. The Hall–Kier alpha value is -2.75. The zero-order chi connectivity index (χ0) is 15.9. The van der Waals surface area contributed by atoms with Crippen LogP contribution >= 0.6 is 0 Å². The van der Waals surface area contributed by atoms with Gasteiger partial charge in [-0.2, -0.15) is 0 Å². The maximum Gasteiger partial charge on any atom is 0.336 e. The van der Waals surface area contributed by atoms with E-state index in [0.717, 1.165) is 5.56 Å². The van der Waals surface area contributed by atoms with E-state index >= 15 is 0 Å². The quantitative estimate of drug-likeness (QED) is 0.652. The summed E-state index contributed by atoms with van der Waals surface area (Å²) in [6.45, 7) is 2.43. The van der Waals surface area contributed by atoms with E-state index in [9.17, 15) is 9.90 Å². The Kier molecular flexibility index (Phi) is 5.20. The lowest BCUT2D eigenvalue weighted by Gasteiger charge is -2.10. The van der Waals surface area contributed by atoms with Crippen LogP contribution in [0, 0.1) is 0 Å².